The van der Waals surface area contributed by atoms with Gasteiger partial charge in [0.25, 0.3) is 0 Å². The van der Waals surface area contributed by atoms with Crippen molar-refractivity contribution in [1.29, 1.82) is 0 Å². The molecule has 3 rings (SSSR count). The SMILES string of the molecule is CCCCCCCCCCCCCCCCCC(=O)OCC1OC(OC2C(O)C(O)C(O)C(OC3OC(CO)C(O)C(O)C3O)C2OP(=O)(O)OCC(COC(=O)CCCCCCCCCCCCCCC)OC(=O)CCCCCCCCCCCCCC)C(O)C(O)C1O. The largest absolute Gasteiger partial charge is 0.472 e. The van der Waals surface area contributed by atoms with E-state index in [0.717, 1.165) is 89.9 Å². The molecule has 25 heteroatoms. The molecule has 95 heavy (non-hydrogen) atoms. The second kappa shape index (κ2) is 52.9. The van der Waals surface area contributed by atoms with Crippen LogP contribution >= 0.6 is 7.82 Å². The van der Waals surface area contributed by atoms with Crippen molar-refractivity contribution in [2.75, 3.05) is 26.4 Å². The second-order valence-corrected chi connectivity index (χ2v) is 28.4. The van der Waals surface area contributed by atoms with Gasteiger partial charge in [-0.3, -0.25) is 23.4 Å². The van der Waals surface area contributed by atoms with E-state index in [1.165, 1.54) is 148 Å². The molecule has 0 spiro atoms. The van der Waals surface area contributed by atoms with Gasteiger partial charge >= 0.3 is 25.7 Å². The highest BCUT2D eigenvalue weighted by atomic mass is 31.2. The first-order valence-electron chi connectivity index (χ1n) is 37.3. The number of rotatable bonds is 58. The summed E-state index contributed by atoms with van der Waals surface area (Å²) in [7, 11) is -5.69. The van der Waals surface area contributed by atoms with Crippen LogP contribution in [0.4, 0.5) is 0 Å². The van der Waals surface area contributed by atoms with Crippen LogP contribution in [0.5, 0.6) is 0 Å². The van der Waals surface area contributed by atoms with E-state index in [9.17, 15) is 74.9 Å². The Balaban J connectivity index is 1.73. The highest BCUT2D eigenvalue weighted by Crippen LogP contribution is 2.49. The van der Waals surface area contributed by atoms with Crippen LogP contribution in [-0.2, 0) is 61.2 Å². The standard InChI is InChI=1S/C70H131O24P/c1-4-7-10-13-16-19-22-25-26-28-31-33-36-39-42-45-55(73)87-50-53-58(76)60(78)65(83)70(91-53)93-67-63(81)61(79)62(80)66(92-69-64(82)59(77)57(75)52(47-71)90-69)68(67)94-95(84,85)88-49-51(89-56(74)46-43-40-37-34-29-24-21-18-15-12-9-6-3)48-86-54(72)44-41-38-35-32-30-27-23-20-17-14-11-8-5-2/h51-53,57-71,75-83H,4-50H2,1-3H3,(H,84,85). The van der Waals surface area contributed by atoms with Gasteiger partial charge in [0.15, 0.2) is 18.7 Å². The molecule has 0 radical (unpaired) electrons. The molecule has 1 saturated carbocycles. The first-order chi connectivity index (χ1) is 45.8. The van der Waals surface area contributed by atoms with Crippen molar-refractivity contribution in [2.45, 2.75) is 401 Å². The van der Waals surface area contributed by atoms with Crippen molar-refractivity contribution in [1.82, 2.24) is 0 Å². The summed E-state index contributed by atoms with van der Waals surface area (Å²) in [6.07, 6.45) is 8.92. The van der Waals surface area contributed by atoms with Crippen molar-refractivity contribution in [2.24, 2.45) is 0 Å². The third-order valence-electron chi connectivity index (χ3n) is 18.6. The smallest absolute Gasteiger partial charge is 0.463 e. The van der Waals surface area contributed by atoms with Gasteiger partial charge in [0.05, 0.1) is 13.2 Å². The minimum atomic E-state index is -5.69. The van der Waals surface area contributed by atoms with Crippen molar-refractivity contribution in [3.05, 3.63) is 0 Å². The Morgan fingerprint density at radius 2 is 0.674 bits per heavy atom. The van der Waals surface area contributed by atoms with Crippen LogP contribution in [0.1, 0.15) is 297 Å². The lowest BCUT2D eigenvalue weighted by atomic mass is 9.84. The Hall–Kier alpha value is -2.04. The minimum absolute atomic E-state index is 0.0338. The van der Waals surface area contributed by atoms with Crippen molar-refractivity contribution >= 4 is 25.7 Å². The maximum absolute atomic E-state index is 14.3. The number of unbranched alkanes of at least 4 members (excludes halogenated alkanes) is 37. The first kappa shape index (κ1) is 87.2. The number of hydrogen-bond acceptors (Lipinski definition) is 23. The summed E-state index contributed by atoms with van der Waals surface area (Å²) in [6, 6.07) is 0. The maximum Gasteiger partial charge on any atom is 0.472 e. The predicted octanol–water partition coefficient (Wildman–Crippen LogP) is 9.79. The molecule has 0 aromatic heterocycles. The Morgan fingerprint density at radius 3 is 1.03 bits per heavy atom. The van der Waals surface area contributed by atoms with Gasteiger partial charge < -0.3 is 89.1 Å². The molecule has 24 nitrogen and oxygen atoms in total. The summed E-state index contributed by atoms with van der Waals surface area (Å²) in [5.41, 5.74) is 0. The fraction of sp³-hybridized carbons (Fsp3) is 0.957. The van der Waals surface area contributed by atoms with E-state index in [0.29, 0.717) is 19.3 Å². The molecule has 1 aliphatic carbocycles. The number of aliphatic hydroxyl groups is 10. The van der Waals surface area contributed by atoms with Crippen LogP contribution in [0, 0.1) is 0 Å². The average molecular weight is 1390 g/mol. The molecule has 2 aliphatic heterocycles. The fourth-order valence-electron chi connectivity index (χ4n) is 12.5. The molecule has 0 amide bonds. The number of phosphoric ester groups is 1. The number of carbonyl (C=O) groups excluding carboxylic acids is 3. The topological polar surface area (TPSA) is 374 Å². The molecule has 11 N–H and O–H groups in total. The van der Waals surface area contributed by atoms with E-state index in [1.54, 1.807) is 0 Å². The van der Waals surface area contributed by atoms with Crippen LogP contribution in [0.15, 0.2) is 0 Å². The van der Waals surface area contributed by atoms with Crippen LogP contribution in [-0.4, -0.2) is 204 Å². The lowest BCUT2D eigenvalue weighted by Crippen LogP contribution is -2.69. The van der Waals surface area contributed by atoms with E-state index < -0.39 is 156 Å². The quantitative estimate of drug-likeness (QED) is 0.0117. The summed E-state index contributed by atoms with van der Waals surface area (Å²) in [4.78, 5) is 50.9. The summed E-state index contributed by atoms with van der Waals surface area (Å²) >= 11 is 0. The summed E-state index contributed by atoms with van der Waals surface area (Å²) in [5, 5.41) is 110. The fourth-order valence-corrected chi connectivity index (χ4v) is 13.5. The van der Waals surface area contributed by atoms with E-state index >= 15 is 0 Å². The van der Waals surface area contributed by atoms with Gasteiger partial charge in [-0.2, -0.15) is 0 Å². The molecular weight excluding hydrogens is 1260 g/mol. The average Bonchev–Trinajstić information content (AvgIpc) is 0.764. The lowest BCUT2D eigenvalue weighted by molar-refractivity contribution is -0.360. The summed E-state index contributed by atoms with van der Waals surface area (Å²) in [6.45, 7) is 3.45. The van der Waals surface area contributed by atoms with Crippen LogP contribution in [0.2, 0.25) is 0 Å². The molecule has 18 unspecified atom stereocenters. The molecule has 2 saturated heterocycles. The number of esters is 3. The zero-order valence-corrected chi connectivity index (χ0v) is 59.1. The van der Waals surface area contributed by atoms with Crippen LogP contribution in [0.25, 0.3) is 0 Å². The maximum atomic E-state index is 14.3. The van der Waals surface area contributed by atoms with E-state index in [2.05, 4.69) is 20.8 Å². The van der Waals surface area contributed by atoms with Crippen LogP contribution < -0.4 is 0 Å². The van der Waals surface area contributed by atoms with Gasteiger partial charge in [-0.15, -0.1) is 0 Å². The Kier molecular flexibility index (Phi) is 48.5. The van der Waals surface area contributed by atoms with E-state index in [-0.39, 0.29) is 19.3 Å². The highest BCUT2D eigenvalue weighted by molar-refractivity contribution is 7.47. The predicted molar refractivity (Wildman–Crippen MR) is 356 cm³/mol. The number of carbonyl (C=O) groups is 3. The number of hydrogen-bond donors (Lipinski definition) is 11. The van der Waals surface area contributed by atoms with Gasteiger partial charge in [-0.1, -0.05) is 258 Å². The monoisotopic (exact) mass is 1390 g/mol. The molecule has 18 atom stereocenters. The first-order valence-corrected chi connectivity index (χ1v) is 38.8. The zero-order chi connectivity index (χ0) is 69.6. The minimum Gasteiger partial charge on any atom is -0.463 e. The molecular formula is C70H131O24P. The van der Waals surface area contributed by atoms with Crippen LogP contribution in [0.3, 0.4) is 0 Å². The molecule has 560 valence electrons. The molecule has 3 aliphatic rings. The van der Waals surface area contributed by atoms with Crippen molar-refractivity contribution < 1.29 is 117 Å². The molecule has 3 fully saturated rings. The van der Waals surface area contributed by atoms with E-state index in [4.69, 9.17) is 42.2 Å². The molecule has 0 aromatic carbocycles. The third kappa shape index (κ3) is 36.4. The number of phosphoric acid groups is 1. The van der Waals surface area contributed by atoms with Crippen molar-refractivity contribution in [3.8, 4) is 0 Å². The Morgan fingerprint density at radius 1 is 0.368 bits per heavy atom. The summed E-state index contributed by atoms with van der Waals surface area (Å²) < 4.78 is 65.0. The Bertz CT molecular complexity index is 1980. The van der Waals surface area contributed by atoms with Gasteiger partial charge in [-0.05, 0) is 19.3 Å². The number of ether oxygens (including phenoxy) is 7. The number of aliphatic hydroxyl groups excluding tert-OH is 10. The zero-order valence-electron chi connectivity index (χ0n) is 58.2. The Labute approximate surface area is 568 Å². The van der Waals surface area contributed by atoms with Gasteiger partial charge in [0.2, 0.25) is 0 Å². The van der Waals surface area contributed by atoms with Crippen molar-refractivity contribution in [3.63, 3.8) is 0 Å². The highest BCUT2D eigenvalue weighted by Gasteiger charge is 2.58. The lowest BCUT2D eigenvalue weighted by Gasteiger charge is -2.49. The molecule has 0 bridgehead atoms. The normalized spacial score (nSPS) is 28.1. The van der Waals surface area contributed by atoms with Gasteiger partial charge in [-0.25, -0.2) is 4.57 Å². The molecule has 0 aromatic rings. The van der Waals surface area contributed by atoms with Gasteiger partial charge in [0, 0.05) is 19.3 Å². The third-order valence-corrected chi connectivity index (χ3v) is 19.6. The summed E-state index contributed by atoms with van der Waals surface area (Å²) in [5.74, 6) is -1.97. The second-order valence-electron chi connectivity index (χ2n) is 27.0. The van der Waals surface area contributed by atoms with Gasteiger partial charge in [0.1, 0.15) is 98.7 Å². The molecule has 2 heterocycles. The van der Waals surface area contributed by atoms with E-state index in [1.807, 2.05) is 0 Å².